The summed E-state index contributed by atoms with van der Waals surface area (Å²) >= 11 is 0. The predicted octanol–water partition coefficient (Wildman–Crippen LogP) is 2.67. The molecular formula is C22H27F4N5O4. The second-order valence-electron chi connectivity index (χ2n) is 8.17. The van der Waals surface area contributed by atoms with Crippen LogP contribution >= 0.6 is 0 Å². The van der Waals surface area contributed by atoms with Gasteiger partial charge >= 0.3 is 6.18 Å². The minimum absolute atomic E-state index is 0.0447. The number of hydrogen-bond donors (Lipinski definition) is 2. The number of carbonyl (C=O) groups is 2. The zero-order valence-electron chi connectivity index (χ0n) is 18.9. The molecule has 0 aliphatic carbocycles. The number of aliphatic hydroxyl groups is 1. The summed E-state index contributed by atoms with van der Waals surface area (Å²) in [6.45, 7) is -1.06. The minimum atomic E-state index is -4.55. The van der Waals surface area contributed by atoms with Gasteiger partial charge < -0.3 is 20.1 Å². The number of amides is 2. The Balaban J connectivity index is 1.77. The van der Waals surface area contributed by atoms with Crippen LogP contribution in [-0.4, -0.2) is 82.0 Å². The molecule has 35 heavy (non-hydrogen) atoms. The lowest BCUT2D eigenvalue weighted by Gasteiger charge is -2.14. The monoisotopic (exact) mass is 501 g/mol. The number of carbonyl (C=O) groups excluding carboxylic acids is 2. The zero-order valence-corrected chi connectivity index (χ0v) is 18.9. The van der Waals surface area contributed by atoms with Gasteiger partial charge in [0.15, 0.2) is 5.69 Å². The van der Waals surface area contributed by atoms with Crippen LogP contribution < -0.4 is 10.1 Å². The van der Waals surface area contributed by atoms with Crippen molar-refractivity contribution < 1.29 is 37.0 Å². The van der Waals surface area contributed by atoms with Crippen LogP contribution in [-0.2, 0) is 0 Å². The van der Waals surface area contributed by atoms with Crippen LogP contribution in [0, 0.1) is 0 Å². The second-order valence-corrected chi connectivity index (χ2v) is 8.17. The van der Waals surface area contributed by atoms with E-state index in [2.05, 4.69) is 10.3 Å². The maximum atomic E-state index is 12.6. The first-order valence-electron chi connectivity index (χ1n) is 11.3. The van der Waals surface area contributed by atoms with E-state index in [1.165, 1.54) is 34.0 Å². The van der Waals surface area contributed by atoms with Crippen LogP contribution in [0.5, 0.6) is 5.75 Å². The number of aromatic nitrogens is 3. The summed E-state index contributed by atoms with van der Waals surface area (Å²) in [5.74, 6) is -1.16. The smallest absolute Gasteiger partial charge is 0.405 e. The molecule has 1 saturated heterocycles. The van der Waals surface area contributed by atoms with Crippen molar-refractivity contribution in [2.75, 3.05) is 32.9 Å². The molecule has 2 heterocycles. The molecule has 1 aromatic carbocycles. The molecule has 0 bridgehead atoms. The van der Waals surface area contributed by atoms with E-state index in [1.807, 2.05) is 5.32 Å². The third-order valence-corrected chi connectivity index (χ3v) is 5.37. The number of alkyl halides is 4. The normalized spacial score (nSPS) is 15.9. The molecule has 0 saturated carbocycles. The van der Waals surface area contributed by atoms with Crippen molar-refractivity contribution in [1.29, 1.82) is 0 Å². The highest BCUT2D eigenvalue weighted by atomic mass is 19.4. The quantitative estimate of drug-likeness (QED) is 0.362. The Bertz CT molecular complexity index is 1010. The molecule has 1 atom stereocenters. The highest BCUT2D eigenvalue weighted by Gasteiger charge is 2.29. The number of benzene rings is 1. The first kappa shape index (κ1) is 26.4. The van der Waals surface area contributed by atoms with E-state index in [0.717, 1.165) is 0 Å². The van der Waals surface area contributed by atoms with E-state index in [1.54, 1.807) is 0 Å². The number of rotatable bonds is 11. The molecule has 1 unspecified atom stereocenters. The fourth-order valence-corrected chi connectivity index (χ4v) is 3.54. The van der Waals surface area contributed by atoms with Gasteiger partial charge in [-0.1, -0.05) is 11.6 Å². The van der Waals surface area contributed by atoms with Crippen LogP contribution in [0.1, 0.15) is 53.0 Å². The molecule has 0 spiro atoms. The highest BCUT2D eigenvalue weighted by molar-refractivity contribution is 5.95. The van der Waals surface area contributed by atoms with Crippen molar-refractivity contribution in [3.05, 3.63) is 35.7 Å². The fraction of sp³-hybridized carbons (Fsp3) is 0.545. The van der Waals surface area contributed by atoms with Gasteiger partial charge in [0.2, 0.25) is 0 Å². The van der Waals surface area contributed by atoms with Crippen molar-refractivity contribution in [2.24, 2.45) is 0 Å². The molecule has 1 aromatic heterocycles. The fourth-order valence-electron chi connectivity index (χ4n) is 3.54. The van der Waals surface area contributed by atoms with Crippen LogP contribution in [0.2, 0.25) is 0 Å². The predicted molar refractivity (Wildman–Crippen MR) is 116 cm³/mol. The maximum Gasteiger partial charge on any atom is 0.405 e. The van der Waals surface area contributed by atoms with Crippen LogP contribution in [0.25, 0.3) is 5.69 Å². The standard InChI is InChI=1S/C22H27F4N5O4/c23-8-3-1-2-4-10-35-19-11-15(20(33)27-14-22(24,25)26)5-6-18(19)31-13-17(28-29-31)21(34)30-9-7-16(32)12-30/h5-6,11,13,16,32H,1-4,7-10,12,14H2,(H,27,33). The SMILES string of the molecule is O=C(NCC(F)(F)F)c1ccc(-n2cc(C(=O)N3CCC(O)C3)nn2)c(OCCCCCCF)c1. The van der Waals surface area contributed by atoms with E-state index < -0.39 is 37.3 Å². The van der Waals surface area contributed by atoms with Gasteiger partial charge in [0.25, 0.3) is 11.8 Å². The number of likely N-dealkylation sites (tertiary alicyclic amines) is 1. The Morgan fingerprint density at radius 1 is 1.20 bits per heavy atom. The van der Waals surface area contributed by atoms with Gasteiger partial charge in [0, 0.05) is 18.7 Å². The first-order valence-corrected chi connectivity index (χ1v) is 11.3. The number of hydrogen-bond acceptors (Lipinski definition) is 6. The molecule has 0 radical (unpaired) electrons. The number of unbranched alkanes of at least 4 members (excludes halogenated alkanes) is 3. The summed E-state index contributed by atoms with van der Waals surface area (Å²) < 4.78 is 56.7. The van der Waals surface area contributed by atoms with Crippen LogP contribution in [0.15, 0.2) is 24.4 Å². The Morgan fingerprint density at radius 3 is 2.66 bits per heavy atom. The molecule has 9 nitrogen and oxygen atoms in total. The highest BCUT2D eigenvalue weighted by Crippen LogP contribution is 2.25. The van der Waals surface area contributed by atoms with Gasteiger partial charge in [-0.2, -0.15) is 13.2 Å². The molecule has 1 aliphatic heterocycles. The molecule has 2 amide bonds. The summed E-state index contributed by atoms with van der Waals surface area (Å²) in [6.07, 6.45) is -0.840. The zero-order chi connectivity index (χ0) is 25.4. The van der Waals surface area contributed by atoms with Crippen molar-refractivity contribution in [2.45, 2.75) is 44.4 Å². The topological polar surface area (TPSA) is 110 Å². The summed E-state index contributed by atoms with van der Waals surface area (Å²) in [4.78, 5) is 26.3. The van der Waals surface area contributed by atoms with Crippen LogP contribution in [0.3, 0.4) is 0 Å². The number of halogens is 4. The molecular weight excluding hydrogens is 474 g/mol. The second kappa shape index (κ2) is 12.0. The Kier molecular flexibility index (Phi) is 9.01. The average Bonchev–Trinajstić information content (AvgIpc) is 3.48. The van der Waals surface area contributed by atoms with Crippen molar-refractivity contribution in [3.63, 3.8) is 0 Å². The van der Waals surface area contributed by atoms with E-state index in [-0.39, 0.29) is 30.2 Å². The third kappa shape index (κ3) is 7.64. The molecule has 1 fully saturated rings. The Labute approximate surface area is 199 Å². The minimum Gasteiger partial charge on any atom is -0.491 e. The number of β-amino-alcohol motifs (C(OH)–C–C–N with tert-alkyl or cyclic N) is 1. The van der Waals surface area contributed by atoms with Crippen molar-refractivity contribution in [1.82, 2.24) is 25.2 Å². The van der Waals surface area contributed by atoms with Gasteiger partial charge in [-0.15, -0.1) is 5.10 Å². The molecule has 3 rings (SSSR count). The van der Waals surface area contributed by atoms with E-state index in [0.29, 0.717) is 44.3 Å². The lowest BCUT2D eigenvalue weighted by Crippen LogP contribution is -2.33. The Hall–Kier alpha value is -3.22. The summed E-state index contributed by atoms with van der Waals surface area (Å²) in [6, 6.07) is 4.04. The first-order chi connectivity index (χ1) is 16.7. The van der Waals surface area contributed by atoms with Crippen molar-refractivity contribution >= 4 is 11.8 Å². The molecule has 192 valence electrons. The Morgan fingerprint density at radius 2 is 1.97 bits per heavy atom. The number of ether oxygens (including phenoxy) is 1. The van der Waals surface area contributed by atoms with Crippen molar-refractivity contribution in [3.8, 4) is 11.4 Å². The lowest BCUT2D eigenvalue weighted by atomic mass is 10.1. The number of aliphatic hydroxyl groups excluding tert-OH is 1. The molecule has 1 aliphatic rings. The summed E-state index contributed by atoms with van der Waals surface area (Å²) in [5, 5.41) is 19.3. The molecule has 13 heteroatoms. The van der Waals surface area contributed by atoms with Gasteiger partial charge in [-0.25, -0.2) is 4.68 Å². The van der Waals surface area contributed by atoms with E-state index in [9.17, 15) is 32.3 Å². The van der Waals surface area contributed by atoms with Gasteiger partial charge in [-0.3, -0.25) is 14.0 Å². The number of nitrogens with zero attached hydrogens (tertiary/aromatic N) is 4. The largest absolute Gasteiger partial charge is 0.491 e. The van der Waals surface area contributed by atoms with Gasteiger partial charge in [-0.05, 0) is 43.9 Å². The summed E-state index contributed by atoms with van der Waals surface area (Å²) in [7, 11) is 0. The molecule has 2 aromatic rings. The maximum absolute atomic E-state index is 12.6. The summed E-state index contributed by atoms with van der Waals surface area (Å²) in [5.41, 5.74) is 0.324. The van der Waals surface area contributed by atoms with Gasteiger partial charge in [0.05, 0.1) is 25.6 Å². The van der Waals surface area contributed by atoms with Gasteiger partial charge in [0.1, 0.15) is 18.0 Å². The number of nitrogens with one attached hydrogen (secondary N) is 1. The van der Waals surface area contributed by atoms with E-state index >= 15 is 0 Å². The lowest BCUT2D eigenvalue weighted by molar-refractivity contribution is -0.123. The van der Waals surface area contributed by atoms with Crippen LogP contribution in [0.4, 0.5) is 17.6 Å². The van der Waals surface area contributed by atoms with E-state index in [4.69, 9.17) is 4.74 Å². The average molecular weight is 501 g/mol. The molecule has 2 N–H and O–H groups in total. The third-order valence-electron chi connectivity index (χ3n) is 5.37.